The minimum Gasteiger partial charge on any atom is -0.353 e. The number of hydrogen-bond donors (Lipinski definition) is 1. The summed E-state index contributed by atoms with van der Waals surface area (Å²) >= 11 is 11.8. The number of piperazine rings is 1. The van der Waals surface area contributed by atoms with Crippen LogP contribution in [0.25, 0.3) is 11.4 Å². The largest absolute Gasteiger partial charge is 0.471 e. The molecule has 1 aliphatic heterocycles. The average Bonchev–Trinajstić information content (AvgIpc) is 3.28. The summed E-state index contributed by atoms with van der Waals surface area (Å²) in [5.74, 6) is -0.982. The van der Waals surface area contributed by atoms with Crippen LogP contribution in [-0.2, 0) is 6.18 Å². The predicted molar refractivity (Wildman–Crippen MR) is 112 cm³/mol. The van der Waals surface area contributed by atoms with E-state index in [9.17, 15) is 18.0 Å². The molecule has 0 atom stereocenters. The molecule has 1 N–H and O–H groups in total. The third-order valence-corrected chi connectivity index (χ3v) is 5.48. The van der Waals surface area contributed by atoms with Crippen LogP contribution in [-0.4, -0.2) is 52.2 Å². The maximum absolute atomic E-state index is 12.6. The highest BCUT2D eigenvalue weighted by atomic mass is 35.5. The topological polar surface area (TPSA) is 87.4 Å². The van der Waals surface area contributed by atoms with Gasteiger partial charge in [0.1, 0.15) is 5.82 Å². The molecule has 1 aliphatic rings. The molecule has 0 spiro atoms. The number of amides is 2. The normalized spacial score (nSPS) is 14.5. The van der Waals surface area contributed by atoms with E-state index in [1.54, 1.807) is 35.2 Å². The predicted octanol–water partition coefficient (Wildman–Crippen LogP) is 4.81. The Labute approximate surface area is 189 Å². The van der Waals surface area contributed by atoms with Gasteiger partial charge < -0.3 is 19.6 Å². The van der Waals surface area contributed by atoms with Crippen LogP contribution in [0.4, 0.5) is 29.5 Å². The minimum atomic E-state index is -4.70. The molecule has 0 radical (unpaired) electrons. The van der Waals surface area contributed by atoms with Crippen LogP contribution in [0.3, 0.4) is 0 Å². The lowest BCUT2D eigenvalue weighted by Crippen LogP contribution is -2.50. The standard InChI is InChI=1S/C19H15Cl2F3N6O2/c20-13-3-2-12(9-14(13)21)26-18(31)30-7-5-29(6-8-30)15-4-1-11(10-25-15)16-27-17(32-28-16)19(22,23)24/h1-4,9-10H,5-8H2,(H,26,31). The van der Waals surface area contributed by atoms with Gasteiger partial charge in [-0.25, -0.2) is 9.78 Å². The van der Waals surface area contributed by atoms with E-state index in [2.05, 4.69) is 25.0 Å². The number of halogens is 5. The molecule has 168 valence electrons. The van der Waals surface area contributed by atoms with Crippen molar-refractivity contribution < 1.29 is 22.5 Å². The molecule has 0 saturated carbocycles. The zero-order valence-electron chi connectivity index (χ0n) is 16.2. The van der Waals surface area contributed by atoms with Gasteiger partial charge in [-0.05, 0) is 30.3 Å². The summed E-state index contributed by atoms with van der Waals surface area (Å²) in [5.41, 5.74) is 0.840. The van der Waals surface area contributed by atoms with Crippen LogP contribution >= 0.6 is 23.2 Å². The van der Waals surface area contributed by atoms with Crippen molar-refractivity contribution in [1.82, 2.24) is 20.0 Å². The molecule has 1 aromatic carbocycles. The van der Waals surface area contributed by atoms with E-state index in [-0.39, 0.29) is 11.9 Å². The number of hydrogen-bond acceptors (Lipinski definition) is 6. The molecule has 2 aromatic heterocycles. The van der Waals surface area contributed by atoms with Crippen LogP contribution in [0.2, 0.25) is 10.0 Å². The van der Waals surface area contributed by atoms with E-state index in [0.717, 1.165) is 0 Å². The Hall–Kier alpha value is -3.05. The van der Waals surface area contributed by atoms with Crippen LogP contribution in [0.5, 0.6) is 0 Å². The Morgan fingerprint density at radius 2 is 1.81 bits per heavy atom. The second kappa shape index (κ2) is 8.83. The van der Waals surface area contributed by atoms with Crippen molar-refractivity contribution in [3.8, 4) is 11.4 Å². The van der Waals surface area contributed by atoms with Crippen molar-refractivity contribution in [2.24, 2.45) is 0 Å². The van der Waals surface area contributed by atoms with E-state index in [1.165, 1.54) is 6.20 Å². The fourth-order valence-corrected chi connectivity index (χ4v) is 3.37. The zero-order valence-corrected chi connectivity index (χ0v) is 17.7. The van der Waals surface area contributed by atoms with Gasteiger partial charge in [-0.3, -0.25) is 0 Å². The molecule has 0 unspecified atom stereocenters. The van der Waals surface area contributed by atoms with E-state index < -0.39 is 12.1 Å². The molecule has 1 saturated heterocycles. The van der Waals surface area contributed by atoms with Crippen LogP contribution in [0.15, 0.2) is 41.1 Å². The molecule has 8 nitrogen and oxygen atoms in total. The monoisotopic (exact) mass is 486 g/mol. The van der Waals surface area contributed by atoms with Gasteiger partial charge in [-0.2, -0.15) is 18.2 Å². The average molecular weight is 487 g/mol. The second-order valence-corrected chi connectivity index (χ2v) is 7.67. The summed E-state index contributed by atoms with van der Waals surface area (Å²) in [6, 6.07) is 7.80. The number of urea groups is 1. The summed E-state index contributed by atoms with van der Waals surface area (Å²) in [5, 5.41) is 6.87. The summed E-state index contributed by atoms with van der Waals surface area (Å²) in [6.45, 7) is 1.97. The number of nitrogens with one attached hydrogen (secondary N) is 1. The Balaban J connectivity index is 1.34. The molecule has 13 heteroatoms. The van der Waals surface area contributed by atoms with E-state index >= 15 is 0 Å². The van der Waals surface area contributed by atoms with Crippen LogP contribution in [0.1, 0.15) is 5.89 Å². The molecule has 2 amide bonds. The molecular formula is C19H15Cl2F3N6O2. The summed E-state index contributed by atoms with van der Waals surface area (Å²) in [7, 11) is 0. The number of aromatic nitrogens is 3. The number of alkyl halides is 3. The first-order valence-electron chi connectivity index (χ1n) is 9.34. The van der Waals surface area contributed by atoms with Gasteiger partial charge in [0.2, 0.25) is 5.82 Å². The molecule has 32 heavy (non-hydrogen) atoms. The van der Waals surface area contributed by atoms with Gasteiger partial charge in [0, 0.05) is 43.6 Å². The highest BCUT2D eigenvalue weighted by Gasteiger charge is 2.38. The lowest BCUT2D eigenvalue weighted by Gasteiger charge is -2.35. The number of nitrogens with zero attached hydrogens (tertiary/aromatic N) is 5. The number of anilines is 2. The first-order valence-corrected chi connectivity index (χ1v) is 10.1. The van der Waals surface area contributed by atoms with Gasteiger partial charge in [0.25, 0.3) is 0 Å². The molecule has 1 fully saturated rings. The minimum absolute atomic E-state index is 0.194. The van der Waals surface area contributed by atoms with Crippen LogP contribution in [0, 0.1) is 0 Å². The Morgan fingerprint density at radius 3 is 2.41 bits per heavy atom. The van der Waals surface area contributed by atoms with Crippen molar-refractivity contribution in [3.63, 3.8) is 0 Å². The van der Waals surface area contributed by atoms with E-state index in [1.807, 2.05) is 4.90 Å². The molecule has 0 aliphatic carbocycles. The van der Waals surface area contributed by atoms with E-state index in [0.29, 0.717) is 53.3 Å². The summed E-state index contributed by atoms with van der Waals surface area (Å²) < 4.78 is 42.1. The van der Waals surface area contributed by atoms with Crippen molar-refractivity contribution in [2.45, 2.75) is 6.18 Å². The number of carbonyl (C=O) groups excluding carboxylic acids is 1. The van der Waals surface area contributed by atoms with Gasteiger partial charge in [0.05, 0.1) is 10.0 Å². The highest BCUT2D eigenvalue weighted by molar-refractivity contribution is 6.42. The Morgan fingerprint density at radius 1 is 1.06 bits per heavy atom. The quantitative estimate of drug-likeness (QED) is 0.571. The molecule has 0 bridgehead atoms. The third-order valence-electron chi connectivity index (χ3n) is 4.74. The smallest absolute Gasteiger partial charge is 0.353 e. The fraction of sp³-hybridized carbons (Fsp3) is 0.263. The maximum Gasteiger partial charge on any atom is 0.471 e. The van der Waals surface area contributed by atoms with Crippen molar-refractivity contribution in [3.05, 3.63) is 52.5 Å². The Bertz CT molecular complexity index is 1110. The van der Waals surface area contributed by atoms with Gasteiger partial charge in [-0.1, -0.05) is 28.4 Å². The van der Waals surface area contributed by atoms with E-state index in [4.69, 9.17) is 23.2 Å². The molecule has 3 heterocycles. The first-order chi connectivity index (χ1) is 15.2. The van der Waals surface area contributed by atoms with Crippen molar-refractivity contribution >= 4 is 40.7 Å². The summed E-state index contributed by atoms with van der Waals surface area (Å²) in [6.07, 6.45) is -3.33. The number of carbonyl (C=O) groups is 1. The SMILES string of the molecule is O=C(Nc1ccc(Cl)c(Cl)c1)N1CCN(c2ccc(-c3noc(C(F)(F)F)n3)cn2)CC1. The van der Waals surface area contributed by atoms with Crippen LogP contribution < -0.4 is 10.2 Å². The van der Waals surface area contributed by atoms with Gasteiger partial charge in [0.15, 0.2) is 0 Å². The Kier molecular flexibility index (Phi) is 6.11. The number of benzene rings is 1. The van der Waals surface area contributed by atoms with Gasteiger partial charge >= 0.3 is 18.1 Å². The van der Waals surface area contributed by atoms with Crippen molar-refractivity contribution in [1.29, 1.82) is 0 Å². The fourth-order valence-electron chi connectivity index (χ4n) is 3.08. The summed E-state index contributed by atoms with van der Waals surface area (Å²) in [4.78, 5) is 23.7. The highest BCUT2D eigenvalue weighted by Crippen LogP contribution is 2.29. The molecule has 4 rings (SSSR count). The van der Waals surface area contributed by atoms with Gasteiger partial charge in [-0.15, -0.1) is 0 Å². The number of pyridine rings is 1. The third kappa shape index (κ3) is 4.89. The lowest BCUT2D eigenvalue weighted by molar-refractivity contribution is -0.159. The van der Waals surface area contributed by atoms with Crippen molar-refractivity contribution in [2.75, 3.05) is 36.4 Å². The lowest BCUT2D eigenvalue weighted by atomic mass is 10.2. The first kappa shape index (κ1) is 22.2. The molecule has 3 aromatic rings. The second-order valence-electron chi connectivity index (χ2n) is 6.86. The number of rotatable bonds is 3. The maximum atomic E-state index is 12.6. The molecular weight excluding hydrogens is 472 g/mol. The zero-order chi connectivity index (χ0) is 22.9.